The van der Waals surface area contributed by atoms with E-state index in [1.54, 1.807) is 31.2 Å². The van der Waals surface area contributed by atoms with Crippen molar-refractivity contribution in [1.29, 1.82) is 0 Å². The van der Waals surface area contributed by atoms with E-state index in [2.05, 4.69) is 5.32 Å². The summed E-state index contributed by atoms with van der Waals surface area (Å²) in [4.78, 5) is 38.5. The van der Waals surface area contributed by atoms with Crippen LogP contribution in [-0.4, -0.2) is 56.3 Å². The average Bonchev–Trinajstić information content (AvgIpc) is 2.95. The molecular weight excluding hydrogens is 607 g/mol. The van der Waals surface area contributed by atoms with Crippen LogP contribution in [0.15, 0.2) is 65.6 Å². The minimum atomic E-state index is -4.61. The van der Waals surface area contributed by atoms with Crippen LogP contribution in [0.4, 0.5) is 11.4 Å². The number of ether oxygens (including phenoxy) is 1. The molecule has 1 N–H and O–H groups in total. The quantitative estimate of drug-likeness (QED) is 0.219. The fourth-order valence-electron chi connectivity index (χ4n) is 4.14. The third-order valence-electron chi connectivity index (χ3n) is 6.44. The van der Waals surface area contributed by atoms with Gasteiger partial charge in [0.1, 0.15) is 18.3 Å². The fourth-order valence-corrected chi connectivity index (χ4v) is 5.87. The number of carbonyl (C=O) groups excluding carboxylic acids is 2. The molecule has 224 valence electrons. The van der Waals surface area contributed by atoms with Crippen molar-refractivity contribution >= 4 is 56.4 Å². The van der Waals surface area contributed by atoms with Crippen molar-refractivity contribution in [2.45, 2.75) is 38.3 Å². The molecule has 3 rings (SSSR count). The van der Waals surface area contributed by atoms with Gasteiger partial charge in [-0.25, -0.2) is 8.42 Å². The lowest BCUT2D eigenvalue weighted by molar-refractivity contribution is -0.385. The van der Waals surface area contributed by atoms with Crippen LogP contribution in [0.1, 0.15) is 25.0 Å². The molecule has 0 saturated carbocycles. The summed E-state index contributed by atoms with van der Waals surface area (Å²) in [6, 6.07) is 13.3. The van der Waals surface area contributed by atoms with E-state index >= 15 is 0 Å². The number of anilines is 1. The number of sulfonamides is 1. The number of nitro benzene ring substituents is 1. The average molecular weight is 638 g/mol. The Bertz CT molecular complexity index is 1580. The molecule has 0 spiro atoms. The molecule has 0 unspecified atom stereocenters. The highest BCUT2D eigenvalue weighted by Gasteiger charge is 2.34. The molecule has 0 aliphatic rings. The van der Waals surface area contributed by atoms with Crippen molar-refractivity contribution < 1.29 is 27.7 Å². The first kappa shape index (κ1) is 32.6. The molecule has 0 aliphatic heterocycles. The lowest BCUT2D eigenvalue weighted by Gasteiger charge is -2.32. The first-order valence-corrected chi connectivity index (χ1v) is 14.9. The molecule has 0 aliphatic carbocycles. The summed E-state index contributed by atoms with van der Waals surface area (Å²) in [7, 11) is -3.30. The van der Waals surface area contributed by atoms with Gasteiger partial charge in [0, 0.05) is 34.8 Å². The number of nitro groups is 1. The van der Waals surface area contributed by atoms with Crippen LogP contribution in [0.5, 0.6) is 5.75 Å². The SMILES string of the molecule is CCNC(=O)[C@H](C)N(Cc1ccc(Cl)cc1)C(=O)CN(c1cc(Cl)ccc1OC)S(=O)(=O)c1ccc(C)c([N+](=O)[O-])c1. The van der Waals surface area contributed by atoms with Crippen molar-refractivity contribution in [2.75, 3.05) is 24.5 Å². The first-order valence-electron chi connectivity index (χ1n) is 12.7. The number of likely N-dealkylation sites (N-methyl/N-ethyl adjacent to an activating group) is 1. The third kappa shape index (κ3) is 7.50. The second kappa shape index (κ2) is 13.9. The van der Waals surface area contributed by atoms with Gasteiger partial charge >= 0.3 is 0 Å². The summed E-state index contributed by atoms with van der Waals surface area (Å²) < 4.78 is 34.4. The van der Waals surface area contributed by atoms with E-state index in [4.69, 9.17) is 27.9 Å². The minimum absolute atomic E-state index is 0.0368. The van der Waals surface area contributed by atoms with E-state index in [0.717, 1.165) is 10.4 Å². The van der Waals surface area contributed by atoms with Gasteiger partial charge in [-0.15, -0.1) is 0 Å². The largest absolute Gasteiger partial charge is 0.495 e. The predicted octanol–water partition coefficient (Wildman–Crippen LogP) is 4.97. The van der Waals surface area contributed by atoms with E-state index < -0.39 is 49.9 Å². The van der Waals surface area contributed by atoms with Crippen molar-refractivity contribution in [3.05, 3.63) is 92.0 Å². The zero-order chi connectivity index (χ0) is 31.2. The molecule has 3 aromatic carbocycles. The number of hydrogen-bond acceptors (Lipinski definition) is 7. The topological polar surface area (TPSA) is 139 Å². The normalized spacial score (nSPS) is 11.9. The molecule has 0 saturated heterocycles. The fraction of sp³-hybridized carbons (Fsp3) is 0.286. The Balaban J connectivity index is 2.16. The van der Waals surface area contributed by atoms with Crippen molar-refractivity contribution in [1.82, 2.24) is 10.2 Å². The monoisotopic (exact) mass is 636 g/mol. The van der Waals surface area contributed by atoms with E-state index in [9.17, 15) is 28.1 Å². The van der Waals surface area contributed by atoms with Crippen LogP contribution in [0.25, 0.3) is 0 Å². The van der Waals surface area contributed by atoms with Crippen molar-refractivity contribution in [3.8, 4) is 5.75 Å². The molecule has 0 fully saturated rings. The minimum Gasteiger partial charge on any atom is -0.495 e. The predicted molar refractivity (Wildman–Crippen MR) is 161 cm³/mol. The lowest BCUT2D eigenvalue weighted by Crippen LogP contribution is -2.51. The van der Waals surface area contributed by atoms with Gasteiger partial charge in [-0.2, -0.15) is 0 Å². The van der Waals surface area contributed by atoms with Crippen molar-refractivity contribution in [3.63, 3.8) is 0 Å². The Labute approximate surface area is 254 Å². The summed E-state index contributed by atoms with van der Waals surface area (Å²) >= 11 is 12.2. The van der Waals surface area contributed by atoms with Crippen LogP contribution in [-0.2, 0) is 26.2 Å². The number of halogens is 2. The molecule has 42 heavy (non-hydrogen) atoms. The van der Waals surface area contributed by atoms with E-state index in [1.165, 1.54) is 56.2 Å². The first-order chi connectivity index (χ1) is 19.8. The van der Waals surface area contributed by atoms with E-state index in [-0.39, 0.29) is 28.6 Å². The number of aryl methyl sites for hydroxylation is 1. The number of rotatable bonds is 12. The number of methoxy groups -OCH3 is 1. The summed E-state index contributed by atoms with van der Waals surface area (Å²) in [5, 5.41) is 14.9. The lowest BCUT2D eigenvalue weighted by atomic mass is 10.1. The van der Waals surface area contributed by atoms with Crippen LogP contribution < -0.4 is 14.4 Å². The molecule has 0 radical (unpaired) electrons. The van der Waals surface area contributed by atoms with Gasteiger partial charge < -0.3 is 15.0 Å². The van der Waals surface area contributed by atoms with Gasteiger partial charge in [-0.1, -0.05) is 41.4 Å². The van der Waals surface area contributed by atoms with Gasteiger partial charge in [0.05, 0.1) is 22.6 Å². The van der Waals surface area contributed by atoms with Crippen LogP contribution in [0.2, 0.25) is 10.0 Å². The zero-order valence-electron chi connectivity index (χ0n) is 23.3. The highest BCUT2D eigenvalue weighted by molar-refractivity contribution is 7.92. The Hall–Kier alpha value is -3.87. The standard InChI is InChI=1S/C28H30Cl2N4O7S/c1-5-31-28(36)19(3)32(16-20-7-9-21(29)10-8-20)27(35)17-33(25-14-22(30)11-13-26(25)41-4)42(39,40)23-12-6-18(2)24(15-23)34(37)38/h6-15,19H,5,16-17H2,1-4H3,(H,31,36)/t19-/m0/s1. The summed E-state index contributed by atoms with van der Waals surface area (Å²) in [6.45, 7) is 4.24. The van der Waals surface area contributed by atoms with E-state index in [1.807, 2.05) is 0 Å². The molecule has 0 bridgehead atoms. The van der Waals surface area contributed by atoms with Crippen LogP contribution in [0, 0.1) is 17.0 Å². The molecule has 0 aromatic heterocycles. The van der Waals surface area contributed by atoms with Gasteiger partial charge in [-0.3, -0.25) is 24.0 Å². The number of carbonyl (C=O) groups is 2. The molecule has 14 heteroatoms. The highest BCUT2D eigenvalue weighted by Crippen LogP contribution is 2.36. The van der Waals surface area contributed by atoms with Gasteiger partial charge in [0.2, 0.25) is 11.8 Å². The van der Waals surface area contributed by atoms with Gasteiger partial charge in [0.25, 0.3) is 15.7 Å². The maximum atomic E-state index is 14.1. The summed E-state index contributed by atoms with van der Waals surface area (Å²) in [5.41, 5.74) is 0.424. The Morgan fingerprint density at radius 3 is 2.29 bits per heavy atom. The maximum Gasteiger partial charge on any atom is 0.273 e. The second-order valence-electron chi connectivity index (χ2n) is 9.25. The van der Waals surface area contributed by atoms with Crippen molar-refractivity contribution in [2.24, 2.45) is 0 Å². The summed E-state index contributed by atoms with van der Waals surface area (Å²) in [6.07, 6.45) is 0. The Morgan fingerprint density at radius 1 is 1.05 bits per heavy atom. The van der Waals surface area contributed by atoms with Gasteiger partial charge in [-0.05, 0) is 62.7 Å². The molecule has 2 amide bonds. The number of nitrogens with one attached hydrogen (secondary N) is 1. The number of nitrogens with zero attached hydrogens (tertiary/aromatic N) is 3. The Morgan fingerprint density at radius 2 is 1.69 bits per heavy atom. The third-order valence-corrected chi connectivity index (χ3v) is 8.68. The van der Waals surface area contributed by atoms with Crippen LogP contribution >= 0.6 is 23.2 Å². The molecule has 0 heterocycles. The molecular formula is C28H30Cl2N4O7S. The van der Waals surface area contributed by atoms with Crippen LogP contribution in [0.3, 0.4) is 0 Å². The van der Waals surface area contributed by atoms with E-state index in [0.29, 0.717) is 17.1 Å². The molecule has 11 nitrogen and oxygen atoms in total. The summed E-state index contributed by atoms with van der Waals surface area (Å²) in [5.74, 6) is -1.09. The maximum absolute atomic E-state index is 14.1. The molecule has 3 aromatic rings. The van der Waals surface area contributed by atoms with Gasteiger partial charge in [0.15, 0.2) is 0 Å². The number of amides is 2. The smallest absolute Gasteiger partial charge is 0.273 e. The Kier molecular flexibility index (Phi) is 10.8. The molecule has 1 atom stereocenters. The number of benzene rings is 3. The second-order valence-corrected chi connectivity index (χ2v) is 12.0. The zero-order valence-corrected chi connectivity index (χ0v) is 25.7. The number of hydrogen-bond donors (Lipinski definition) is 1. The highest BCUT2D eigenvalue weighted by atomic mass is 35.5.